The van der Waals surface area contributed by atoms with Crippen molar-refractivity contribution in [3.63, 3.8) is 0 Å². The minimum Gasteiger partial charge on any atom is -0.371 e. The molecule has 5 heteroatoms. The summed E-state index contributed by atoms with van der Waals surface area (Å²) in [6.45, 7) is 4.57. The summed E-state index contributed by atoms with van der Waals surface area (Å²) >= 11 is 0. The Morgan fingerprint density at radius 2 is 1.74 bits per heavy atom. The first-order valence-corrected chi connectivity index (χ1v) is 6.76. The van der Waals surface area contributed by atoms with Crippen molar-refractivity contribution in [3.8, 4) is 0 Å². The summed E-state index contributed by atoms with van der Waals surface area (Å²) < 4.78 is 0. The van der Waals surface area contributed by atoms with E-state index in [4.69, 9.17) is 0 Å². The molecule has 2 aliphatic heterocycles. The van der Waals surface area contributed by atoms with Crippen LogP contribution in [0.2, 0.25) is 0 Å². The number of nitro benzene ring substituents is 1. The van der Waals surface area contributed by atoms with Crippen molar-refractivity contribution in [2.24, 2.45) is 5.41 Å². The zero-order valence-corrected chi connectivity index (χ0v) is 11.2. The molecule has 0 aliphatic carbocycles. The van der Waals surface area contributed by atoms with Crippen molar-refractivity contribution < 1.29 is 4.92 Å². The second-order valence-electron chi connectivity index (χ2n) is 5.93. The number of anilines is 1. The summed E-state index contributed by atoms with van der Waals surface area (Å²) in [5.74, 6) is 0. The molecule has 0 atom stereocenters. The second-order valence-corrected chi connectivity index (χ2v) is 5.93. The Morgan fingerprint density at radius 3 is 2.21 bits per heavy atom. The Balaban J connectivity index is 1.63. The van der Waals surface area contributed by atoms with Gasteiger partial charge in [0.15, 0.2) is 0 Å². The lowest BCUT2D eigenvalue weighted by atomic mass is 9.72. The van der Waals surface area contributed by atoms with E-state index in [0.717, 1.165) is 18.8 Å². The quantitative estimate of drug-likeness (QED) is 0.604. The third-order valence-corrected chi connectivity index (χ3v) is 4.46. The van der Waals surface area contributed by atoms with Crippen LogP contribution in [0.5, 0.6) is 0 Å². The number of hydrogen-bond acceptors (Lipinski definition) is 4. The maximum atomic E-state index is 10.6. The third-order valence-electron chi connectivity index (χ3n) is 4.46. The maximum Gasteiger partial charge on any atom is 0.269 e. The van der Waals surface area contributed by atoms with E-state index < -0.39 is 0 Å². The second kappa shape index (κ2) is 4.49. The molecule has 0 bridgehead atoms. The molecule has 2 aliphatic rings. The molecule has 5 nitrogen and oxygen atoms in total. The normalized spacial score (nSPS) is 22.3. The van der Waals surface area contributed by atoms with Gasteiger partial charge in [-0.05, 0) is 37.4 Å². The largest absolute Gasteiger partial charge is 0.371 e. The third kappa shape index (κ3) is 2.30. The van der Waals surface area contributed by atoms with E-state index in [1.165, 1.54) is 25.9 Å². The van der Waals surface area contributed by atoms with Gasteiger partial charge in [0.25, 0.3) is 5.69 Å². The summed E-state index contributed by atoms with van der Waals surface area (Å²) in [5, 5.41) is 10.6. The van der Waals surface area contributed by atoms with Crippen LogP contribution < -0.4 is 4.90 Å². The SMILES string of the molecule is CN1CC2(CCN(c3ccc([N+](=O)[O-])cc3)CC2)C1. The standard InChI is InChI=1S/C14H19N3O2/c1-15-10-14(11-15)6-8-16(9-7-14)12-2-4-13(5-3-12)17(18)19/h2-5H,6-11H2,1H3. The maximum absolute atomic E-state index is 10.6. The van der Waals surface area contributed by atoms with Crippen LogP contribution in [0.1, 0.15) is 12.8 Å². The average molecular weight is 261 g/mol. The summed E-state index contributed by atoms with van der Waals surface area (Å²) in [4.78, 5) is 15.0. The molecule has 2 heterocycles. The van der Waals surface area contributed by atoms with Crippen molar-refractivity contribution in [3.05, 3.63) is 34.4 Å². The van der Waals surface area contributed by atoms with Crippen molar-refractivity contribution in [1.29, 1.82) is 0 Å². The van der Waals surface area contributed by atoms with E-state index in [1.807, 2.05) is 12.1 Å². The van der Waals surface area contributed by atoms with E-state index in [2.05, 4.69) is 16.8 Å². The van der Waals surface area contributed by atoms with Gasteiger partial charge in [-0.2, -0.15) is 0 Å². The van der Waals surface area contributed by atoms with Gasteiger partial charge >= 0.3 is 0 Å². The van der Waals surface area contributed by atoms with Crippen LogP contribution in [0, 0.1) is 15.5 Å². The van der Waals surface area contributed by atoms with Crippen LogP contribution in [0.15, 0.2) is 24.3 Å². The van der Waals surface area contributed by atoms with E-state index in [0.29, 0.717) is 5.41 Å². The van der Waals surface area contributed by atoms with Crippen molar-refractivity contribution in [2.45, 2.75) is 12.8 Å². The number of benzene rings is 1. The number of nitro groups is 1. The number of nitrogens with zero attached hydrogens (tertiary/aromatic N) is 3. The first-order chi connectivity index (χ1) is 9.08. The lowest BCUT2D eigenvalue weighted by molar-refractivity contribution is -0.384. The molecule has 19 heavy (non-hydrogen) atoms. The Bertz CT molecular complexity index is 470. The molecule has 0 unspecified atom stereocenters. The molecule has 2 saturated heterocycles. The highest BCUT2D eigenvalue weighted by atomic mass is 16.6. The monoisotopic (exact) mass is 261 g/mol. The van der Waals surface area contributed by atoms with Gasteiger partial charge in [-0.15, -0.1) is 0 Å². The van der Waals surface area contributed by atoms with Gasteiger partial charge in [0.1, 0.15) is 0 Å². The lowest BCUT2D eigenvalue weighted by Gasteiger charge is -2.53. The summed E-state index contributed by atoms with van der Waals surface area (Å²) in [7, 11) is 2.17. The molecular formula is C14H19N3O2. The highest BCUT2D eigenvalue weighted by Gasteiger charge is 2.42. The van der Waals surface area contributed by atoms with Gasteiger partial charge in [-0.25, -0.2) is 0 Å². The molecule has 102 valence electrons. The average Bonchev–Trinajstić information content (AvgIpc) is 2.38. The molecule has 0 aromatic heterocycles. The molecule has 1 aromatic rings. The van der Waals surface area contributed by atoms with Gasteiger partial charge < -0.3 is 9.80 Å². The molecule has 0 amide bonds. The van der Waals surface area contributed by atoms with E-state index in [9.17, 15) is 10.1 Å². The number of likely N-dealkylation sites (tertiary alicyclic amines) is 1. The van der Waals surface area contributed by atoms with Crippen LogP contribution in [0.4, 0.5) is 11.4 Å². The fraction of sp³-hybridized carbons (Fsp3) is 0.571. The van der Waals surface area contributed by atoms with Crippen LogP contribution in [-0.2, 0) is 0 Å². The zero-order valence-electron chi connectivity index (χ0n) is 11.2. The van der Waals surface area contributed by atoms with Gasteiger partial charge in [0.2, 0.25) is 0 Å². The molecule has 1 spiro atoms. The van der Waals surface area contributed by atoms with Gasteiger partial charge in [-0.1, -0.05) is 0 Å². The van der Waals surface area contributed by atoms with E-state index in [-0.39, 0.29) is 10.6 Å². The summed E-state index contributed by atoms with van der Waals surface area (Å²) in [6, 6.07) is 6.92. The predicted octanol–water partition coefficient (Wildman–Crippen LogP) is 2.13. The number of non-ortho nitro benzene ring substituents is 1. The molecule has 1 aromatic carbocycles. The summed E-state index contributed by atoms with van der Waals surface area (Å²) in [6.07, 6.45) is 2.46. The molecule has 3 rings (SSSR count). The smallest absolute Gasteiger partial charge is 0.269 e. The fourth-order valence-electron chi connectivity index (χ4n) is 3.44. The first-order valence-electron chi connectivity index (χ1n) is 6.76. The fourth-order valence-corrected chi connectivity index (χ4v) is 3.44. The Hall–Kier alpha value is -1.62. The highest BCUT2D eigenvalue weighted by molar-refractivity contribution is 5.51. The minimum atomic E-state index is -0.348. The Morgan fingerprint density at radius 1 is 1.16 bits per heavy atom. The molecule has 0 saturated carbocycles. The van der Waals surface area contributed by atoms with Gasteiger partial charge in [0, 0.05) is 44.0 Å². The van der Waals surface area contributed by atoms with E-state index in [1.54, 1.807) is 12.1 Å². The topological polar surface area (TPSA) is 49.6 Å². The minimum absolute atomic E-state index is 0.165. The van der Waals surface area contributed by atoms with Crippen LogP contribution in [-0.4, -0.2) is 43.0 Å². The zero-order chi connectivity index (χ0) is 13.5. The predicted molar refractivity (Wildman–Crippen MR) is 74.5 cm³/mol. The van der Waals surface area contributed by atoms with Crippen molar-refractivity contribution in [1.82, 2.24) is 4.90 Å². The number of rotatable bonds is 2. The van der Waals surface area contributed by atoms with Crippen LogP contribution in [0.3, 0.4) is 0 Å². The number of piperidine rings is 1. The molecule has 2 fully saturated rings. The highest BCUT2D eigenvalue weighted by Crippen LogP contribution is 2.40. The van der Waals surface area contributed by atoms with Gasteiger partial charge in [0.05, 0.1) is 4.92 Å². The van der Waals surface area contributed by atoms with Crippen molar-refractivity contribution >= 4 is 11.4 Å². The lowest BCUT2D eigenvalue weighted by Crippen LogP contribution is -2.58. The van der Waals surface area contributed by atoms with Crippen LogP contribution >= 0.6 is 0 Å². The molecule has 0 radical (unpaired) electrons. The Labute approximate surface area is 113 Å². The van der Waals surface area contributed by atoms with Crippen molar-refractivity contribution in [2.75, 3.05) is 38.1 Å². The number of hydrogen-bond donors (Lipinski definition) is 0. The van der Waals surface area contributed by atoms with Crippen LogP contribution in [0.25, 0.3) is 0 Å². The molecular weight excluding hydrogens is 242 g/mol. The van der Waals surface area contributed by atoms with E-state index >= 15 is 0 Å². The van der Waals surface area contributed by atoms with Gasteiger partial charge in [-0.3, -0.25) is 10.1 Å². The molecule has 0 N–H and O–H groups in total. The Kier molecular flexibility index (Phi) is 2.93. The first kappa shape index (κ1) is 12.4. The summed E-state index contributed by atoms with van der Waals surface area (Å²) in [5.41, 5.74) is 1.82.